The normalized spacial score (nSPS) is 19.7. The fraction of sp³-hybridized carbons (Fsp3) is 0.400. The average molecular weight is 340 g/mol. The number of nitrogen functional groups attached to an aromatic ring is 1. The van der Waals surface area contributed by atoms with Crippen LogP contribution >= 0.6 is 0 Å². The molecule has 2 aliphatic rings. The summed E-state index contributed by atoms with van der Waals surface area (Å²) in [5.41, 5.74) is 10.5. The molecule has 1 aliphatic heterocycles. The summed E-state index contributed by atoms with van der Waals surface area (Å²) in [6.45, 7) is 3.16. The fourth-order valence-corrected chi connectivity index (χ4v) is 3.72. The summed E-state index contributed by atoms with van der Waals surface area (Å²) in [4.78, 5) is 2.25. The standard InChI is InChI=1S/C20H24N2O3/c1-23-19-8-6-16-15(19)3-2-4-20(16)25-14-5-7-17(21)18(13-14)22-9-11-24-12-10-22/h2-5,7,13,19H,6,8-12,21H2,1H3/t19-/m1/s1. The Hall–Kier alpha value is -2.24. The summed E-state index contributed by atoms with van der Waals surface area (Å²) in [6, 6.07) is 12.1. The second kappa shape index (κ2) is 6.94. The lowest BCUT2D eigenvalue weighted by molar-refractivity contribution is 0.105. The number of hydrogen-bond donors (Lipinski definition) is 1. The second-order valence-corrected chi connectivity index (χ2v) is 6.51. The van der Waals surface area contributed by atoms with Crippen LogP contribution in [-0.4, -0.2) is 33.4 Å². The number of benzene rings is 2. The van der Waals surface area contributed by atoms with E-state index in [-0.39, 0.29) is 6.10 Å². The van der Waals surface area contributed by atoms with Crippen molar-refractivity contribution in [2.45, 2.75) is 18.9 Å². The van der Waals surface area contributed by atoms with Crippen molar-refractivity contribution in [3.63, 3.8) is 0 Å². The van der Waals surface area contributed by atoms with Crippen LogP contribution in [0.5, 0.6) is 11.5 Å². The van der Waals surface area contributed by atoms with Gasteiger partial charge in [0.05, 0.1) is 30.7 Å². The Kier molecular flexibility index (Phi) is 4.51. The monoisotopic (exact) mass is 340 g/mol. The second-order valence-electron chi connectivity index (χ2n) is 6.51. The average Bonchev–Trinajstić information content (AvgIpc) is 3.08. The van der Waals surface area contributed by atoms with Crippen molar-refractivity contribution < 1.29 is 14.2 Å². The van der Waals surface area contributed by atoms with E-state index in [1.165, 1.54) is 11.1 Å². The summed E-state index contributed by atoms with van der Waals surface area (Å²) in [6.07, 6.45) is 2.16. The van der Waals surface area contributed by atoms with Crippen LogP contribution in [-0.2, 0) is 15.9 Å². The lowest BCUT2D eigenvalue weighted by Crippen LogP contribution is -2.36. The first kappa shape index (κ1) is 16.2. The molecule has 5 heteroatoms. The molecule has 132 valence electrons. The molecule has 1 saturated heterocycles. The summed E-state index contributed by atoms with van der Waals surface area (Å²) in [7, 11) is 1.77. The molecule has 2 aromatic rings. The molecule has 1 heterocycles. The molecule has 2 aromatic carbocycles. The zero-order valence-corrected chi connectivity index (χ0v) is 14.5. The molecule has 0 radical (unpaired) electrons. The molecular weight excluding hydrogens is 316 g/mol. The van der Waals surface area contributed by atoms with Gasteiger partial charge in [0.25, 0.3) is 0 Å². The first-order valence-corrected chi connectivity index (χ1v) is 8.81. The third-order valence-corrected chi connectivity index (χ3v) is 5.04. The van der Waals surface area contributed by atoms with Crippen LogP contribution in [0.15, 0.2) is 36.4 Å². The zero-order chi connectivity index (χ0) is 17.2. The van der Waals surface area contributed by atoms with Gasteiger partial charge in [-0.05, 0) is 36.6 Å². The smallest absolute Gasteiger partial charge is 0.130 e. The maximum atomic E-state index is 6.23. The van der Waals surface area contributed by atoms with Crippen molar-refractivity contribution >= 4 is 11.4 Å². The summed E-state index contributed by atoms with van der Waals surface area (Å²) in [5.74, 6) is 1.72. The lowest BCUT2D eigenvalue weighted by Gasteiger charge is -2.30. The number of methoxy groups -OCH3 is 1. The van der Waals surface area contributed by atoms with Crippen LogP contribution < -0.4 is 15.4 Å². The van der Waals surface area contributed by atoms with Gasteiger partial charge in [-0.3, -0.25) is 0 Å². The number of anilines is 2. The van der Waals surface area contributed by atoms with E-state index in [0.717, 1.165) is 62.0 Å². The zero-order valence-electron chi connectivity index (χ0n) is 14.5. The summed E-state index contributed by atoms with van der Waals surface area (Å²) < 4.78 is 17.2. The number of nitrogens with two attached hydrogens (primary N) is 1. The Morgan fingerprint density at radius 1 is 1.16 bits per heavy atom. The molecule has 0 spiro atoms. The minimum Gasteiger partial charge on any atom is -0.457 e. The molecule has 0 aromatic heterocycles. The molecule has 0 unspecified atom stereocenters. The Bertz CT molecular complexity index is 757. The Morgan fingerprint density at radius 3 is 2.80 bits per heavy atom. The van der Waals surface area contributed by atoms with Gasteiger partial charge in [-0.2, -0.15) is 0 Å². The van der Waals surface area contributed by atoms with Gasteiger partial charge in [0.2, 0.25) is 0 Å². The largest absolute Gasteiger partial charge is 0.457 e. The maximum Gasteiger partial charge on any atom is 0.130 e. The summed E-state index contributed by atoms with van der Waals surface area (Å²) in [5, 5.41) is 0. The van der Waals surface area contributed by atoms with E-state index in [1.54, 1.807) is 7.11 Å². The molecule has 1 atom stereocenters. The molecule has 0 bridgehead atoms. The van der Waals surface area contributed by atoms with Crippen LogP contribution in [0, 0.1) is 0 Å². The van der Waals surface area contributed by atoms with Crippen molar-refractivity contribution in [2.75, 3.05) is 44.0 Å². The molecule has 25 heavy (non-hydrogen) atoms. The predicted molar refractivity (Wildman–Crippen MR) is 98.5 cm³/mol. The van der Waals surface area contributed by atoms with Crippen molar-refractivity contribution in [3.8, 4) is 11.5 Å². The molecule has 2 N–H and O–H groups in total. The van der Waals surface area contributed by atoms with Crippen LogP contribution in [0.1, 0.15) is 23.7 Å². The highest BCUT2D eigenvalue weighted by molar-refractivity contribution is 5.70. The van der Waals surface area contributed by atoms with Crippen LogP contribution in [0.2, 0.25) is 0 Å². The van der Waals surface area contributed by atoms with Crippen LogP contribution in [0.3, 0.4) is 0 Å². The quantitative estimate of drug-likeness (QED) is 0.863. The Balaban J connectivity index is 1.61. The number of hydrogen-bond acceptors (Lipinski definition) is 5. The third kappa shape index (κ3) is 3.17. The van der Waals surface area contributed by atoms with E-state index in [9.17, 15) is 0 Å². The molecule has 1 aliphatic carbocycles. The van der Waals surface area contributed by atoms with Gasteiger partial charge < -0.3 is 24.8 Å². The molecule has 1 fully saturated rings. The van der Waals surface area contributed by atoms with Gasteiger partial charge in [-0.1, -0.05) is 12.1 Å². The van der Waals surface area contributed by atoms with Gasteiger partial charge in [0, 0.05) is 31.8 Å². The van der Waals surface area contributed by atoms with Crippen molar-refractivity contribution in [1.82, 2.24) is 0 Å². The van der Waals surface area contributed by atoms with Crippen LogP contribution in [0.4, 0.5) is 11.4 Å². The Labute approximate surface area is 148 Å². The van der Waals surface area contributed by atoms with E-state index in [2.05, 4.69) is 11.0 Å². The van der Waals surface area contributed by atoms with Crippen LogP contribution in [0.25, 0.3) is 0 Å². The topological polar surface area (TPSA) is 57.0 Å². The third-order valence-electron chi connectivity index (χ3n) is 5.04. The molecule has 5 nitrogen and oxygen atoms in total. The van der Waals surface area contributed by atoms with Gasteiger partial charge in [0.15, 0.2) is 0 Å². The molecule has 0 amide bonds. The molecular formula is C20H24N2O3. The first-order chi connectivity index (χ1) is 12.3. The fourth-order valence-electron chi connectivity index (χ4n) is 3.72. The van der Waals surface area contributed by atoms with Gasteiger partial charge >= 0.3 is 0 Å². The predicted octanol–water partition coefficient (Wildman–Crippen LogP) is 3.53. The minimum absolute atomic E-state index is 0.175. The lowest BCUT2D eigenvalue weighted by atomic mass is 10.1. The molecule has 0 saturated carbocycles. The number of nitrogens with zero attached hydrogens (tertiary/aromatic N) is 1. The van der Waals surface area contributed by atoms with E-state index >= 15 is 0 Å². The van der Waals surface area contributed by atoms with Gasteiger partial charge in [-0.15, -0.1) is 0 Å². The number of fused-ring (bicyclic) bond motifs is 1. The summed E-state index contributed by atoms with van der Waals surface area (Å²) >= 11 is 0. The minimum atomic E-state index is 0.175. The van der Waals surface area contributed by atoms with E-state index < -0.39 is 0 Å². The highest BCUT2D eigenvalue weighted by atomic mass is 16.5. The van der Waals surface area contributed by atoms with E-state index in [4.69, 9.17) is 19.9 Å². The highest BCUT2D eigenvalue weighted by Crippen LogP contribution is 2.40. The van der Waals surface area contributed by atoms with Gasteiger partial charge in [-0.25, -0.2) is 0 Å². The SMILES string of the molecule is CO[C@@H]1CCc2c(Oc3ccc(N)c(N4CCOCC4)c3)cccc21. The van der Waals surface area contributed by atoms with Crippen molar-refractivity contribution in [3.05, 3.63) is 47.5 Å². The van der Waals surface area contributed by atoms with Gasteiger partial charge in [0.1, 0.15) is 11.5 Å². The number of ether oxygens (including phenoxy) is 3. The van der Waals surface area contributed by atoms with E-state index in [1.807, 2.05) is 30.3 Å². The van der Waals surface area contributed by atoms with Crippen molar-refractivity contribution in [2.24, 2.45) is 0 Å². The molecule has 4 rings (SSSR count). The number of rotatable bonds is 4. The number of morpholine rings is 1. The first-order valence-electron chi connectivity index (χ1n) is 8.81. The van der Waals surface area contributed by atoms with E-state index in [0.29, 0.717) is 0 Å². The maximum absolute atomic E-state index is 6.23. The van der Waals surface area contributed by atoms with Crippen molar-refractivity contribution in [1.29, 1.82) is 0 Å². The Morgan fingerprint density at radius 2 is 2.00 bits per heavy atom. The highest BCUT2D eigenvalue weighted by Gasteiger charge is 2.25.